The van der Waals surface area contributed by atoms with Crippen molar-refractivity contribution in [1.82, 2.24) is 0 Å². The third-order valence-electron chi connectivity index (χ3n) is 3.64. The van der Waals surface area contributed by atoms with Gasteiger partial charge in [0.2, 0.25) is 0 Å². The summed E-state index contributed by atoms with van der Waals surface area (Å²) in [5.41, 5.74) is 1.74. The molecule has 0 radical (unpaired) electrons. The highest BCUT2D eigenvalue weighted by Gasteiger charge is 2.22. The molecule has 1 atom stereocenters. The summed E-state index contributed by atoms with van der Waals surface area (Å²) >= 11 is 0.705. The van der Waals surface area contributed by atoms with Gasteiger partial charge in [0.15, 0.2) is 6.10 Å². The lowest BCUT2D eigenvalue weighted by molar-refractivity contribution is -0.380. The minimum Gasteiger partial charge on any atom is -0.448 e. The summed E-state index contributed by atoms with van der Waals surface area (Å²) in [6, 6.07) is 9.96. The van der Waals surface area contributed by atoms with Gasteiger partial charge in [-0.05, 0) is 36.1 Å². The Bertz CT molecular complexity index is 821. The van der Waals surface area contributed by atoms with Gasteiger partial charge in [0, 0.05) is 11.8 Å². The molecular weight excluding hydrogens is 356 g/mol. The van der Waals surface area contributed by atoms with Crippen LogP contribution in [0.2, 0.25) is 0 Å². The molecule has 1 amide bonds. The van der Waals surface area contributed by atoms with E-state index in [4.69, 9.17) is 4.74 Å². The van der Waals surface area contributed by atoms with Crippen molar-refractivity contribution in [3.63, 3.8) is 0 Å². The fourth-order valence-corrected chi connectivity index (χ4v) is 2.81. The predicted octanol–water partition coefficient (Wildman–Crippen LogP) is 4.14. The summed E-state index contributed by atoms with van der Waals surface area (Å²) in [6.07, 6.45) is -1.04. The van der Waals surface area contributed by atoms with Crippen molar-refractivity contribution in [3.05, 3.63) is 57.0 Å². The number of rotatable bonds is 5. The zero-order valence-corrected chi connectivity index (χ0v) is 15.8. The van der Waals surface area contributed by atoms with Crippen LogP contribution in [-0.4, -0.2) is 22.9 Å². The van der Waals surface area contributed by atoms with Crippen LogP contribution in [0.3, 0.4) is 0 Å². The Kier molecular flexibility index (Phi) is 5.76. The van der Waals surface area contributed by atoms with E-state index in [0.717, 1.165) is 5.56 Å². The van der Waals surface area contributed by atoms with Gasteiger partial charge in [-0.3, -0.25) is 14.9 Å². The molecule has 0 saturated heterocycles. The molecule has 1 heterocycles. The number of benzene rings is 1. The lowest BCUT2D eigenvalue weighted by Gasteiger charge is -2.19. The van der Waals surface area contributed by atoms with Gasteiger partial charge < -0.3 is 10.1 Å². The normalized spacial score (nSPS) is 12.3. The van der Waals surface area contributed by atoms with Crippen LogP contribution in [0.1, 0.15) is 42.9 Å². The summed E-state index contributed by atoms with van der Waals surface area (Å²) < 4.78 is 5.08. The Hall–Kier alpha value is -2.74. The van der Waals surface area contributed by atoms with Crippen molar-refractivity contribution < 1.29 is 19.2 Å². The molecule has 2 rings (SSSR count). The van der Waals surface area contributed by atoms with E-state index in [2.05, 4.69) is 26.1 Å². The maximum atomic E-state index is 12.2. The molecule has 2 aromatic rings. The van der Waals surface area contributed by atoms with Gasteiger partial charge >= 0.3 is 11.0 Å². The van der Waals surface area contributed by atoms with Gasteiger partial charge in [-0.2, -0.15) is 0 Å². The van der Waals surface area contributed by atoms with Crippen molar-refractivity contribution in [2.75, 3.05) is 5.32 Å². The number of nitrogens with zero attached hydrogens (tertiary/aromatic N) is 1. The second kappa shape index (κ2) is 7.65. The van der Waals surface area contributed by atoms with Gasteiger partial charge in [-0.25, -0.2) is 4.79 Å². The zero-order valence-electron chi connectivity index (χ0n) is 14.9. The largest absolute Gasteiger partial charge is 0.448 e. The number of carbonyl (C=O) groups excluding carboxylic acids is 2. The van der Waals surface area contributed by atoms with Crippen molar-refractivity contribution in [1.29, 1.82) is 0 Å². The van der Waals surface area contributed by atoms with Crippen molar-refractivity contribution >= 4 is 33.9 Å². The van der Waals surface area contributed by atoms with Crippen molar-refractivity contribution in [3.8, 4) is 0 Å². The first-order valence-electron chi connectivity index (χ1n) is 7.94. The molecule has 1 N–H and O–H groups in total. The quantitative estimate of drug-likeness (QED) is 0.480. The van der Waals surface area contributed by atoms with E-state index < -0.39 is 22.9 Å². The summed E-state index contributed by atoms with van der Waals surface area (Å²) in [7, 11) is 0. The second-order valence-electron chi connectivity index (χ2n) is 6.76. The number of ether oxygens (including phenoxy) is 1. The van der Waals surface area contributed by atoms with Gasteiger partial charge in [-0.1, -0.05) is 44.2 Å². The Morgan fingerprint density at radius 2 is 1.77 bits per heavy atom. The third kappa shape index (κ3) is 4.89. The molecule has 0 fully saturated rings. The first-order valence-corrected chi connectivity index (χ1v) is 8.76. The summed E-state index contributed by atoms with van der Waals surface area (Å²) in [5.74, 6) is -1.25. The van der Waals surface area contributed by atoms with Gasteiger partial charge in [0.25, 0.3) is 5.91 Å². The van der Waals surface area contributed by atoms with Crippen LogP contribution in [0.15, 0.2) is 36.4 Å². The first-order chi connectivity index (χ1) is 12.1. The Morgan fingerprint density at radius 3 is 2.27 bits per heavy atom. The highest BCUT2D eigenvalue weighted by molar-refractivity contribution is 7.17. The Morgan fingerprint density at radius 1 is 1.15 bits per heavy atom. The maximum absolute atomic E-state index is 12.2. The molecule has 7 nitrogen and oxygen atoms in total. The number of hydrogen-bond donors (Lipinski definition) is 1. The zero-order chi connectivity index (χ0) is 19.5. The molecule has 26 heavy (non-hydrogen) atoms. The Balaban J connectivity index is 1.96. The number of hydrogen-bond acceptors (Lipinski definition) is 6. The fraction of sp³-hybridized carbons (Fsp3) is 0.333. The second-order valence-corrected chi connectivity index (χ2v) is 7.82. The predicted molar refractivity (Wildman–Crippen MR) is 99.6 cm³/mol. The number of anilines is 1. The molecule has 0 aliphatic rings. The van der Waals surface area contributed by atoms with E-state index in [0.29, 0.717) is 17.0 Å². The Labute approximate surface area is 155 Å². The molecule has 0 saturated carbocycles. The summed E-state index contributed by atoms with van der Waals surface area (Å²) in [6.45, 7) is 7.73. The maximum Gasteiger partial charge on any atom is 0.349 e. The first kappa shape index (κ1) is 19.6. The highest BCUT2D eigenvalue weighted by atomic mass is 32.1. The van der Waals surface area contributed by atoms with E-state index in [-0.39, 0.29) is 15.3 Å². The number of amides is 1. The average Bonchev–Trinajstić information content (AvgIpc) is 3.04. The van der Waals surface area contributed by atoms with Gasteiger partial charge in [0.05, 0.1) is 4.92 Å². The number of thiophene rings is 1. The van der Waals surface area contributed by atoms with Gasteiger partial charge in [0.1, 0.15) is 4.88 Å². The van der Waals surface area contributed by atoms with Crippen LogP contribution in [0, 0.1) is 10.1 Å². The molecule has 0 bridgehead atoms. The van der Waals surface area contributed by atoms with E-state index >= 15 is 0 Å². The number of nitro groups is 1. The van der Waals surface area contributed by atoms with E-state index in [9.17, 15) is 19.7 Å². The molecule has 138 valence electrons. The minimum atomic E-state index is -1.04. The number of esters is 1. The van der Waals surface area contributed by atoms with Crippen molar-refractivity contribution in [2.45, 2.75) is 39.2 Å². The molecule has 1 aromatic carbocycles. The molecule has 0 aliphatic carbocycles. The lowest BCUT2D eigenvalue weighted by Crippen LogP contribution is -2.29. The van der Waals surface area contributed by atoms with Crippen LogP contribution in [0.5, 0.6) is 0 Å². The molecule has 0 aliphatic heterocycles. The third-order valence-corrected chi connectivity index (χ3v) is 4.66. The van der Waals surface area contributed by atoms with E-state index in [1.807, 2.05) is 12.1 Å². The molecule has 1 unspecified atom stereocenters. The smallest absolute Gasteiger partial charge is 0.349 e. The fourth-order valence-electron chi connectivity index (χ4n) is 2.11. The standard InChI is InChI=1S/C18H20N2O5S/c1-11(25-17(22)14-9-10-15(26-14)20(23)24)16(21)19-13-7-5-12(6-8-13)18(2,3)4/h5-11H,1-4H3,(H,19,21). The average molecular weight is 376 g/mol. The SMILES string of the molecule is CC(OC(=O)c1ccc([N+](=O)[O-])s1)C(=O)Nc1ccc(C(C)(C)C)cc1. The lowest BCUT2D eigenvalue weighted by atomic mass is 9.87. The van der Waals surface area contributed by atoms with Crippen LogP contribution in [0.25, 0.3) is 0 Å². The van der Waals surface area contributed by atoms with Crippen LogP contribution < -0.4 is 5.32 Å². The van der Waals surface area contributed by atoms with Gasteiger partial charge in [-0.15, -0.1) is 0 Å². The van der Waals surface area contributed by atoms with Crippen LogP contribution >= 0.6 is 11.3 Å². The molecule has 8 heteroatoms. The highest BCUT2D eigenvalue weighted by Crippen LogP contribution is 2.25. The molecule has 0 spiro atoms. The van der Waals surface area contributed by atoms with E-state index in [1.165, 1.54) is 19.1 Å². The molecular formula is C18H20N2O5S. The minimum absolute atomic E-state index is 0.00861. The monoisotopic (exact) mass is 376 g/mol. The van der Waals surface area contributed by atoms with Crippen LogP contribution in [-0.2, 0) is 14.9 Å². The topological polar surface area (TPSA) is 98.5 Å². The summed E-state index contributed by atoms with van der Waals surface area (Å²) in [5, 5.41) is 13.2. The van der Waals surface area contributed by atoms with E-state index in [1.54, 1.807) is 12.1 Å². The van der Waals surface area contributed by atoms with Crippen molar-refractivity contribution in [2.24, 2.45) is 0 Å². The summed E-state index contributed by atoms with van der Waals surface area (Å²) in [4.78, 5) is 34.3. The number of carbonyl (C=O) groups is 2. The number of nitrogens with one attached hydrogen (secondary N) is 1. The van der Waals surface area contributed by atoms with Crippen LogP contribution in [0.4, 0.5) is 10.7 Å². The molecule has 1 aromatic heterocycles.